The fourth-order valence-electron chi connectivity index (χ4n) is 4.80. The molecule has 20 heavy (non-hydrogen) atoms. The molecular formula is C17H30O3. The smallest absolute Gasteiger partial charge is 0.0941 e. The van der Waals surface area contributed by atoms with Crippen molar-refractivity contribution in [1.29, 1.82) is 0 Å². The van der Waals surface area contributed by atoms with E-state index < -0.39 is 0 Å². The second kappa shape index (κ2) is 5.58. The molecule has 0 aromatic carbocycles. The van der Waals surface area contributed by atoms with Crippen molar-refractivity contribution in [1.82, 2.24) is 0 Å². The zero-order valence-electron chi connectivity index (χ0n) is 13.1. The van der Waals surface area contributed by atoms with Crippen LogP contribution < -0.4 is 0 Å². The van der Waals surface area contributed by atoms with Gasteiger partial charge >= 0.3 is 0 Å². The number of hydrogen-bond donors (Lipinski definition) is 1. The van der Waals surface area contributed by atoms with Crippen LogP contribution in [0.5, 0.6) is 0 Å². The Hall–Kier alpha value is -0.120. The number of rotatable bonds is 3. The van der Waals surface area contributed by atoms with Gasteiger partial charge in [0.05, 0.1) is 17.3 Å². The minimum absolute atomic E-state index is 0.110. The van der Waals surface area contributed by atoms with Crippen molar-refractivity contribution in [2.45, 2.75) is 82.0 Å². The SMILES string of the molecule is COC1(C(O)C2CCOC3(CCC3)C2)CCCC(C)C1. The van der Waals surface area contributed by atoms with Crippen molar-refractivity contribution in [3.05, 3.63) is 0 Å². The molecule has 0 aromatic rings. The van der Waals surface area contributed by atoms with Crippen LogP contribution in [-0.2, 0) is 9.47 Å². The molecule has 0 radical (unpaired) electrons. The third-order valence-corrected chi connectivity index (χ3v) is 6.18. The first-order chi connectivity index (χ1) is 9.59. The molecule has 3 fully saturated rings. The number of aliphatic hydroxyl groups is 1. The van der Waals surface area contributed by atoms with Gasteiger partial charge in [-0.3, -0.25) is 0 Å². The first kappa shape index (κ1) is 14.8. The fourth-order valence-corrected chi connectivity index (χ4v) is 4.80. The molecule has 1 spiro atoms. The molecule has 0 bridgehead atoms. The van der Waals surface area contributed by atoms with E-state index in [0.29, 0.717) is 11.8 Å². The van der Waals surface area contributed by atoms with E-state index in [9.17, 15) is 5.11 Å². The Morgan fingerprint density at radius 1 is 1.15 bits per heavy atom. The third-order valence-electron chi connectivity index (χ3n) is 6.18. The summed E-state index contributed by atoms with van der Waals surface area (Å²) in [6, 6.07) is 0. The minimum Gasteiger partial charge on any atom is -0.390 e. The highest BCUT2D eigenvalue weighted by molar-refractivity contribution is 5.01. The second-order valence-corrected chi connectivity index (χ2v) is 7.55. The van der Waals surface area contributed by atoms with E-state index in [-0.39, 0.29) is 17.3 Å². The van der Waals surface area contributed by atoms with E-state index in [1.54, 1.807) is 7.11 Å². The van der Waals surface area contributed by atoms with Gasteiger partial charge in [-0.05, 0) is 56.8 Å². The Kier molecular flexibility index (Phi) is 4.13. The van der Waals surface area contributed by atoms with Crippen LogP contribution in [0.25, 0.3) is 0 Å². The quantitative estimate of drug-likeness (QED) is 0.863. The average Bonchev–Trinajstić information content (AvgIpc) is 2.45. The lowest BCUT2D eigenvalue weighted by Gasteiger charge is -2.51. The van der Waals surface area contributed by atoms with Crippen LogP contribution in [0, 0.1) is 11.8 Å². The molecule has 1 saturated heterocycles. The molecular weight excluding hydrogens is 252 g/mol. The molecule has 1 aliphatic heterocycles. The number of aliphatic hydroxyl groups excluding tert-OH is 1. The Balaban J connectivity index is 1.71. The van der Waals surface area contributed by atoms with Gasteiger partial charge in [0.15, 0.2) is 0 Å². The predicted molar refractivity (Wildman–Crippen MR) is 78.6 cm³/mol. The third kappa shape index (κ3) is 2.53. The summed E-state index contributed by atoms with van der Waals surface area (Å²) in [4.78, 5) is 0. The highest BCUT2D eigenvalue weighted by Gasteiger charge is 2.50. The zero-order valence-corrected chi connectivity index (χ0v) is 13.1. The molecule has 3 heteroatoms. The highest BCUT2D eigenvalue weighted by atomic mass is 16.5. The molecule has 0 amide bonds. The first-order valence-electron chi connectivity index (χ1n) is 8.46. The Morgan fingerprint density at radius 3 is 2.55 bits per heavy atom. The van der Waals surface area contributed by atoms with Gasteiger partial charge < -0.3 is 14.6 Å². The van der Waals surface area contributed by atoms with Crippen LogP contribution in [0.15, 0.2) is 0 Å². The molecule has 3 rings (SSSR count). The summed E-state index contributed by atoms with van der Waals surface area (Å²) < 4.78 is 11.9. The summed E-state index contributed by atoms with van der Waals surface area (Å²) in [5.41, 5.74) is -0.191. The van der Waals surface area contributed by atoms with Gasteiger partial charge in [-0.2, -0.15) is 0 Å². The van der Waals surface area contributed by atoms with E-state index in [1.165, 1.54) is 32.1 Å². The molecule has 3 nitrogen and oxygen atoms in total. The van der Waals surface area contributed by atoms with Crippen LogP contribution >= 0.6 is 0 Å². The summed E-state index contributed by atoms with van der Waals surface area (Å²) in [5.74, 6) is 1.02. The van der Waals surface area contributed by atoms with E-state index >= 15 is 0 Å². The maximum atomic E-state index is 11.0. The van der Waals surface area contributed by atoms with Crippen LogP contribution in [0.4, 0.5) is 0 Å². The van der Waals surface area contributed by atoms with Crippen molar-refractivity contribution in [2.24, 2.45) is 11.8 Å². The lowest BCUT2D eigenvalue weighted by Crippen LogP contribution is -2.55. The van der Waals surface area contributed by atoms with Crippen LogP contribution in [0.2, 0.25) is 0 Å². The van der Waals surface area contributed by atoms with E-state index in [0.717, 1.165) is 32.3 Å². The van der Waals surface area contributed by atoms with E-state index in [4.69, 9.17) is 9.47 Å². The number of hydrogen-bond acceptors (Lipinski definition) is 3. The summed E-state index contributed by atoms with van der Waals surface area (Å²) >= 11 is 0. The molecule has 2 aliphatic carbocycles. The molecule has 2 saturated carbocycles. The summed E-state index contributed by atoms with van der Waals surface area (Å²) in [6.45, 7) is 3.11. The maximum Gasteiger partial charge on any atom is 0.0941 e. The normalized spacial score (nSPS) is 42.1. The largest absolute Gasteiger partial charge is 0.390 e. The summed E-state index contributed by atoms with van der Waals surface area (Å²) in [6.07, 6.45) is 9.84. The number of ether oxygens (including phenoxy) is 2. The topological polar surface area (TPSA) is 38.7 Å². The van der Waals surface area contributed by atoms with Crippen molar-refractivity contribution in [3.8, 4) is 0 Å². The van der Waals surface area contributed by atoms with Gasteiger partial charge in [0, 0.05) is 13.7 Å². The molecule has 1 N–H and O–H groups in total. The molecule has 3 aliphatic rings. The standard InChI is InChI=1S/C17H30O3/c1-13-5-3-9-17(11-13,19-2)15(18)14-6-10-20-16(12-14)7-4-8-16/h13-15,18H,3-12H2,1-2H3. The molecule has 4 unspecified atom stereocenters. The van der Waals surface area contributed by atoms with Gasteiger partial charge in [-0.25, -0.2) is 0 Å². The van der Waals surface area contributed by atoms with Gasteiger partial charge in [-0.15, -0.1) is 0 Å². The molecule has 0 aromatic heterocycles. The van der Waals surface area contributed by atoms with Crippen molar-refractivity contribution in [2.75, 3.05) is 13.7 Å². The van der Waals surface area contributed by atoms with E-state index in [1.807, 2.05) is 0 Å². The van der Waals surface area contributed by atoms with Crippen LogP contribution in [0.3, 0.4) is 0 Å². The Labute approximate surface area is 123 Å². The van der Waals surface area contributed by atoms with Gasteiger partial charge in [0.25, 0.3) is 0 Å². The maximum absolute atomic E-state index is 11.0. The lowest BCUT2D eigenvalue weighted by molar-refractivity contribution is -0.197. The fraction of sp³-hybridized carbons (Fsp3) is 1.00. The highest BCUT2D eigenvalue weighted by Crippen LogP contribution is 2.48. The first-order valence-corrected chi connectivity index (χ1v) is 8.46. The predicted octanol–water partition coefficient (Wildman–Crippen LogP) is 3.29. The van der Waals surface area contributed by atoms with Gasteiger partial charge in [0.1, 0.15) is 0 Å². The lowest BCUT2D eigenvalue weighted by atomic mass is 9.66. The monoisotopic (exact) mass is 282 g/mol. The summed E-state index contributed by atoms with van der Waals surface area (Å²) in [5, 5.41) is 11.0. The van der Waals surface area contributed by atoms with Crippen molar-refractivity contribution in [3.63, 3.8) is 0 Å². The van der Waals surface area contributed by atoms with Crippen molar-refractivity contribution >= 4 is 0 Å². The molecule has 116 valence electrons. The summed E-state index contributed by atoms with van der Waals surface area (Å²) in [7, 11) is 1.79. The van der Waals surface area contributed by atoms with Crippen LogP contribution in [-0.4, -0.2) is 36.1 Å². The van der Waals surface area contributed by atoms with Gasteiger partial charge in [0.2, 0.25) is 0 Å². The Bertz CT molecular complexity index is 339. The molecule has 4 atom stereocenters. The Morgan fingerprint density at radius 2 is 1.95 bits per heavy atom. The zero-order chi connectivity index (χ0) is 14.2. The minimum atomic E-state index is -0.323. The van der Waals surface area contributed by atoms with Crippen molar-refractivity contribution < 1.29 is 14.6 Å². The second-order valence-electron chi connectivity index (χ2n) is 7.55. The van der Waals surface area contributed by atoms with Crippen LogP contribution in [0.1, 0.15) is 64.7 Å². The number of methoxy groups -OCH3 is 1. The average molecular weight is 282 g/mol. The van der Waals surface area contributed by atoms with Gasteiger partial charge in [-0.1, -0.05) is 19.8 Å². The van der Waals surface area contributed by atoms with E-state index in [2.05, 4.69) is 6.92 Å². The molecule has 1 heterocycles.